The molecule has 1 aliphatic rings. The Morgan fingerprint density at radius 2 is 1.59 bits per heavy atom. The topological polar surface area (TPSA) is 52.7 Å². The van der Waals surface area contributed by atoms with Crippen molar-refractivity contribution in [2.24, 2.45) is 0 Å². The molecule has 1 saturated heterocycles. The van der Waals surface area contributed by atoms with E-state index in [1.54, 1.807) is 24.3 Å². The van der Waals surface area contributed by atoms with Gasteiger partial charge in [-0.2, -0.15) is 0 Å². The monoisotopic (exact) mass is 493 g/mol. The third-order valence-electron chi connectivity index (χ3n) is 5.66. The number of carbonyl (C=O) groups excluding carboxylic acids is 2. The zero-order valence-corrected chi connectivity index (χ0v) is 20.1. The summed E-state index contributed by atoms with van der Waals surface area (Å²) in [6.07, 6.45) is 3.72. The first-order chi connectivity index (χ1) is 16.5. The van der Waals surface area contributed by atoms with Gasteiger partial charge in [0.1, 0.15) is 0 Å². The van der Waals surface area contributed by atoms with E-state index in [9.17, 15) is 9.59 Å². The van der Waals surface area contributed by atoms with Crippen molar-refractivity contribution in [2.45, 2.75) is 6.42 Å². The summed E-state index contributed by atoms with van der Waals surface area (Å²) in [6, 6.07) is 22.5. The van der Waals surface area contributed by atoms with Crippen LogP contribution in [-0.4, -0.2) is 42.9 Å². The van der Waals surface area contributed by atoms with Gasteiger partial charge >= 0.3 is 0 Å². The third kappa shape index (κ3) is 6.40. The molecule has 1 heterocycles. The average Bonchev–Trinajstić information content (AvgIpc) is 2.85. The Bertz CT molecular complexity index is 1170. The molecule has 0 spiro atoms. The summed E-state index contributed by atoms with van der Waals surface area (Å²) in [4.78, 5) is 28.9. The van der Waals surface area contributed by atoms with Gasteiger partial charge in [0.15, 0.2) is 0 Å². The number of halogens is 2. The van der Waals surface area contributed by atoms with E-state index >= 15 is 0 Å². The standard InChI is InChI=1S/C27H25Cl2N3O2/c28-22-9-6-21(7-10-22)18-26(33)30-23-11-12-25(24(29)19-23)31-14-16-32(17-15-31)27(34)13-8-20-4-2-1-3-5-20/h1-13,19H,14-18H2,(H,30,33)/b13-8+. The van der Waals surface area contributed by atoms with Gasteiger partial charge in [-0.15, -0.1) is 0 Å². The predicted octanol–water partition coefficient (Wildman–Crippen LogP) is 5.54. The number of benzene rings is 3. The van der Waals surface area contributed by atoms with Gasteiger partial charge < -0.3 is 15.1 Å². The molecule has 1 fully saturated rings. The number of hydrogen-bond donors (Lipinski definition) is 1. The molecule has 0 aliphatic carbocycles. The lowest BCUT2D eigenvalue weighted by Crippen LogP contribution is -2.48. The number of amides is 2. The highest BCUT2D eigenvalue weighted by Gasteiger charge is 2.21. The predicted molar refractivity (Wildman–Crippen MR) is 140 cm³/mol. The molecule has 34 heavy (non-hydrogen) atoms. The molecule has 0 bridgehead atoms. The molecular formula is C27H25Cl2N3O2. The van der Waals surface area contributed by atoms with Crippen molar-refractivity contribution in [1.29, 1.82) is 0 Å². The summed E-state index contributed by atoms with van der Waals surface area (Å²) in [6.45, 7) is 2.61. The molecule has 174 valence electrons. The second-order valence-electron chi connectivity index (χ2n) is 8.07. The Labute approximate surface area is 209 Å². The van der Waals surface area contributed by atoms with Gasteiger partial charge in [-0.1, -0.05) is 65.7 Å². The molecule has 4 rings (SSSR count). The fourth-order valence-corrected chi connectivity index (χ4v) is 4.26. The molecular weight excluding hydrogens is 469 g/mol. The maximum absolute atomic E-state index is 12.5. The van der Waals surface area contributed by atoms with Crippen LogP contribution in [0.4, 0.5) is 11.4 Å². The van der Waals surface area contributed by atoms with Crippen molar-refractivity contribution >= 4 is 52.5 Å². The largest absolute Gasteiger partial charge is 0.367 e. The van der Waals surface area contributed by atoms with E-state index in [1.165, 1.54) is 0 Å². The zero-order chi connectivity index (χ0) is 23.9. The van der Waals surface area contributed by atoms with Gasteiger partial charge in [0.05, 0.1) is 17.1 Å². The Morgan fingerprint density at radius 3 is 2.26 bits per heavy atom. The molecule has 0 radical (unpaired) electrons. The molecule has 0 aromatic heterocycles. The van der Waals surface area contributed by atoms with Crippen LogP contribution < -0.4 is 10.2 Å². The van der Waals surface area contributed by atoms with Crippen molar-refractivity contribution in [2.75, 3.05) is 36.4 Å². The molecule has 1 aliphatic heterocycles. The van der Waals surface area contributed by atoms with Crippen LogP contribution in [0.3, 0.4) is 0 Å². The Balaban J connectivity index is 1.30. The lowest BCUT2D eigenvalue weighted by atomic mass is 10.1. The highest BCUT2D eigenvalue weighted by molar-refractivity contribution is 6.33. The van der Waals surface area contributed by atoms with E-state index in [1.807, 2.05) is 65.6 Å². The van der Waals surface area contributed by atoms with E-state index in [2.05, 4.69) is 10.2 Å². The fraction of sp³-hybridized carbons (Fsp3) is 0.185. The molecule has 2 amide bonds. The second-order valence-corrected chi connectivity index (χ2v) is 8.92. The van der Waals surface area contributed by atoms with Gasteiger partial charge in [-0.05, 0) is 47.5 Å². The number of carbonyl (C=O) groups is 2. The molecule has 3 aromatic carbocycles. The highest BCUT2D eigenvalue weighted by Crippen LogP contribution is 2.30. The number of piperazine rings is 1. The second kappa shape index (κ2) is 11.2. The minimum Gasteiger partial charge on any atom is -0.367 e. The van der Waals surface area contributed by atoms with Gasteiger partial charge in [-0.3, -0.25) is 9.59 Å². The van der Waals surface area contributed by atoms with E-state index in [-0.39, 0.29) is 18.2 Å². The Hall–Kier alpha value is -3.28. The molecule has 1 N–H and O–H groups in total. The van der Waals surface area contributed by atoms with Crippen molar-refractivity contribution in [3.05, 3.63) is 100 Å². The lowest BCUT2D eigenvalue weighted by molar-refractivity contribution is -0.126. The smallest absolute Gasteiger partial charge is 0.246 e. The highest BCUT2D eigenvalue weighted by atomic mass is 35.5. The minimum absolute atomic E-state index is 0.00773. The fourth-order valence-electron chi connectivity index (χ4n) is 3.84. The van der Waals surface area contributed by atoms with Crippen LogP contribution in [0.25, 0.3) is 6.08 Å². The Kier molecular flexibility index (Phi) is 7.88. The quantitative estimate of drug-likeness (QED) is 0.458. The summed E-state index contributed by atoms with van der Waals surface area (Å²) in [7, 11) is 0. The number of hydrogen-bond acceptors (Lipinski definition) is 3. The van der Waals surface area contributed by atoms with Crippen molar-refractivity contribution in [3.8, 4) is 0 Å². The first kappa shape index (κ1) is 23.9. The van der Waals surface area contributed by atoms with Gasteiger partial charge in [0.25, 0.3) is 0 Å². The molecule has 5 nitrogen and oxygen atoms in total. The number of nitrogens with zero attached hydrogens (tertiary/aromatic N) is 2. The van der Waals surface area contributed by atoms with Crippen LogP contribution in [0.5, 0.6) is 0 Å². The van der Waals surface area contributed by atoms with E-state index < -0.39 is 0 Å². The van der Waals surface area contributed by atoms with Crippen LogP contribution in [0.1, 0.15) is 11.1 Å². The zero-order valence-electron chi connectivity index (χ0n) is 18.6. The first-order valence-electron chi connectivity index (χ1n) is 11.1. The van der Waals surface area contributed by atoms with Crippen LogP contribution in [-0.2, 0) is 16.0 Å². The summed E-state index contributed by atoms with van der Waals surface area (Å²) in [5, 5.41) is 4.09. The minimum atomic E-state index is -0.123. The van der Waals surface area contributed by atoms with Gasteiger partial charge in [0.2, 0.25) is 11.8 Å². The SMILES string of the molecule is O=C(Cc1ccc(Cl)cc1)Nc1ccc(N2CCN(C(=O)/C=C/c3ccccc3)CC2)c(Cl)c1. The third-order valence-corrected chi connectivity index (χ3v) is 6.21. The van der Waals surface area contributed by atoms with E-state index in [4.69, 9.17) is 23.2 Å². The van der Waals surface area contributed by atoms with Crippen molar-refractivity contribution in [1.82, 2.24) is 4.90 Å². The molecule has 0 atom stereocenters. The summed E-state index contributed by atoms with van der Waals surface area (Å²) >= 11 is 12.4. The number of anilines is 2. The molecule has 7 heteroatoms. The van der Waals surface area contributed by atoms with Crippen molar-refractivity contribution in [3.63, 3.8) is 0 Å². The van der Waals surface area contributed by atoms with Gasteiger partial charge in [-0.25, -0.2) is 0 Å². The van der Waals surface area contributed by atoms with Crippen LogP contribution in [0.2, 0.25) is 10.0 Å². The van der Waals surface area contributed by atoms with Crippen LogP contribution >= 0.6 is 23.2 Å². The van der Waals surface area contributed by atoms with E-state index in [0.29, 0.717) is 41.9 Å². The summed E-state index contributed by atoms with van der Waals surface area (Å²) in [5.41, 5.74) is 3.43. The number of rotatable bonds is 6. The summed E-state index contributed by atoms with van der Waals surface area (Å²) < 4.78 is 0. The Morgan fingerprint density at radius 1 is 0.882 bits per heavy atom. The van der Waals surface area contributed by atoms with Crippen LogP contribution in [0, 0.1) is 0 Å². The number of nitrogens with one attached hydrogen (secondary N) is 1. The maximum Gasteiger partial charge on any atom is 0.246 e. The molecule has 0 unspecified atom stereocenters. The maximum atomic E-state index is 12.5. The lowest BCUT2D eigenvalue weighted by Gasteiger charge is -2.36. The first-order valence-corrected chi connectivity index (χ1v) is 11.8. The van der Waals surface area contributed by atoms with Gasteiger partial charge in [0, 0.05) is 43.0 Å². The normalized spacial score (nSPS) is 13.8. The average molecular weight is 494 g/mol. The van der Waals surface area contributed by atoms with Crippen molar-refractivity contribution < 1.29 is 9.59 Å². The molecule has 0 saturated carbocycles. The van der Waals surface area contributed by atoms with Crippen LogP contribution in [0.15, 0.2) is 78.9 Å². The molecule has 3 aromatic rings. The van der Waals surface area contributed by atoms with E-state index in [0.717, 1.165) is 16.8 Å². The summed E-state index contributed by atoms with van der Waals surface area (Å²) in [5.74, 6) is -0.116.